The first-order valence-corrected chi connectivity index (χ1v) is 10.9. The maximum Gasteiger partial charge on any atom is 0.191 e. The van der Waals surface area contributed by atoms with E-state index in [-0.39, 0.29) is 6.10 Å². The van der Waals surface area contributed by atoms with Gasteiger partial charge in [-0.1, -0.05) is 18.2 Å². The molecule has 0 saturated carbocycles. The molecule has 162 valence electrons. The molecule has 2 aliphatic rings. The van der Waals surface area contributed by atoms with Crippen molar-refractivity contribution < 1.29 is 9.47 Å². The van der Waals surface area contributed by atoms with E-state index < -0.39 is 0 Å². The molecule has 0 bridgehead atoms. The van der Waals surface area contributed by atoms with Crippen LogP contribution in [-0.2, 0) is 9.47 Å². The Balaban J connectivity index is 1.28. The van der Waals surface area contributed by atoms with Crippen LogP contribution in [0.3, 0.4) is 0 Å². The van der Waals surface area contributed by atoms with Gasteiger partial charge >= 0.3 is 0 Å². The number of nitrogens with one attached hydrogen (secondary N) is 2. The van der Waals surface area contributed by atoms with E-state index in [1.54, 1.807) is 0 Å². The second kappa shape index (κ2) is 12.0. The van der Waals surface area contributed by atoms with Gasteiger partial charge in [0.05, 0.1) is 12.7 Å². The van der Waals surface area contributed by atoms with Gasteiger partial charge in [0.25, 0.3) is 0 Å². The van der Waals surface area contributed by atoms with Gasteiger partial charge in [0.15, 0.2) is 5.96 Å². The number of guanidine groups is 1. The van der Waals surface area contributed by atoms with Crippen LogP contribution >= 0.6 is 0 Å². The quantitative estimate of drug-likeness (QED) is 0.371. The zero-order valence-electron chi connectivity index (χ0n) is 18.0. The molecule has 2 aliphatic heterocycles. The third-order valence-corrected chi connectivity index (χ3v) is 5.70. The largest absolute Gasteiger partial charge is 0.379 e. The highest BCUT2D eigenvalue weighted by atomic mass is 16.5. The summed E-state index contributed by atoms with van der Waals surface area (Å²) in [7, 11) is 1.82. The predicted octanol–water partition coefficient (Wildman–Crippen LogP) is 1.56. The fourth-order valence-corrected chi connectivity index (χ4v) is 3.83. The Morgan fingerprint density at radius 1 is 1.21 bits per heavy atom. The molecule has 2 N–H and O–H groups in total. The summed E-state index contributed by atoms with van der Waals surface area (Å²) < 4.78 is 11.1. The van der Waals surface area contributed by atoms with Crippen LogP contribution in [0, 0.1) is 0 Å². The highest BCUT2D eigenvalue weighted by Gasteiger charge is 2.21. The molecule has 2 atom stereocenters. The topological polar surface area (TPSA) is 61.4 Å². The maximum atomic E-state index is 5.80. The van der Waals surface area contributed by atoms with Crippen LogP contribution in [0.2, 0.25) is 0 Å². The van der Waals surface area contributed by atoms with Gasteiger partial charge in [-0.2, -0.15) is 0 Å². The fourth-order valence-electron chi connectivity index (χ4n) is 3.83. The van der Waals surface area contributed by atoms with Crippen molar-refractivity contribution in [2.24, 2.45) is 4.99 Å². The number of hydrogen-bond donors (Lipinski definition) is 2. The van der Waals surface area contributed by atoms with Gasteiger partial charge in [0.1, 0.15) is 0 Å². The summed E-state index contributed by atoms with van der Waals surface area (Å²) in [5, 5.41) is 6.85. The lowest BCUT2D eigenvalue weighted by Crippen LogP contribution is -2.53. The third kappa shape index (κ3) is 7.17. The molecule has 2 fully saturated rings. The molecule has 0 amide bonds. The molecule has 0 aromatic heterocycles. The third-order valence-electron chi connectivity index (χ3n) is 5.70. The molecular formula is C22H37N5O2. The smallest absolute Gasteiger partial charge is 0.191 e. The van der Waals surface area contributed by atoms with Gasteiger partial charge in [-0.05, 0) is 31.9 Å². The number of piperazine rings is 1. The minimum Gasteiger partial charge on any atom is -0.379 e. The second-order valence-corrected chi connectivity index (χ2v) is 7.80. The summed E-state index contributed by atoms with van der Waals surface area (Å²) in [6, 6.07) is 11.2. The number of aliphatic imine (C=N–C) groups is 1. The number of para-hydroxylation sites is 1. The first kappa shape index (κ1) is 21.9. The van der Waals surface area contributed by atoms with Crippen LogP contribution in [0.5, 0.6) is 0 Å². The van der Waals surface area contributed by atoms with E-state index in [1.165, 1.54) is 5.69 Å². The van der Waals surface area contributed by atoms with Gasteiger partial charge in [-0.3, -0.25) is 9.89 Å². The molecule has 0 aliphatic carbocycles. The summed E-state index contributed by atoms with van der Waals surface area (Å²) in [5.74, 6) is 0.865. The van der Waals surface area contributed by atoms with Crippen LogP contribution in [-0.4, -0.2) is 89.1 Å². The lowest BCUT2D eigenvalue weighted by atomic mass is 10.2. The monoisotopic (exact) mass is 403 g/mol. The Bertz CT molecular complexity index is 598. The number of hydrogen-bond acceptors (Lipinski definition) is 5. The van der Waals surface area contributed by atoms with E-state index in [4.69, 9.17) is 9.47 Å². The average molecular weight is 404 g/mol. The Morgan fingerprint density at radius 2 is 2.00 bits per heavy atom. The lowest BCUT2D eigenvalue weighted by molar-refractivity contribution is 0.0420. The second-order valence-electron chi connectivity index (χ2n) is 7.80. The average Bonchev–Trinajstić information content (AvgIpc) is 3.30. The standard InChI is InChI=1S/C22H37N5O2/c1-19(26-11-13-27(14-12-26)20-7-4-3-5-8-20)17-25-22(23-2)24-10-6-15-29-21-9-16-28-18-21/h3-5,7-8,19,21H,6,9-18H2,1-2H3,(H2,23,24,25). The Labute approximate surface area is 175 Å². The molecule has 2 heterocycles. The van der Waals surface area contributed by atoms with Crippen LogP contribution < -0.4 is 15.5 Å². The first-order chi connectivity index (χ1) is 14.3. The van der Waals surface area contributed by atoms with Crippen molar-refractivity contribution in [1.29, 1.82) is 0 Å². The van der Waals surface area contributed by atoms with Crippen LogP contribution in [0.1, 0.15) is 19.8 Å². The van der Waals surface area contributed by atoms with Gasteiger partial charge in [0.2, 0.25) is 0 Å². The van der Waals surface area contributed by atoms with Gasteiger partial charge < -0.3 is 25.0 Å². The number of rotatable bonds is 9. The first-order valence-electron chi connectivity index (χ1n) is 10.9. The molecule has 29 heavy (non-hydrogen) atoms. The van der Waals surface area contributed by atoms with Gasteiger partial charge in [0, 0.05) is 71.3 Å². The number of ether oxygens (including phenoxy) is 2. The molecule has 1 aromatic carbocycles. The summed E-state index contributed by atoms with van der Waals surface area (Å²) in [6.45, 7) is 10.7. The molecule has 2 saturated heterocycles. The van der Waals surface area contributed by atoms with E-state index in [0.717, 1.165) is 77.9 Å². The number of nitrogens with zero attached hydrogens (tertiary/aromatic N) is 3. The fraction of sp³-hybridized carbons (Fsp3) is 0.682. The van der Waals surface area contributed by atoms with Crippen molar-refractivity contribution in [2.75, 3.05) is 71.0 Å². The number of anilines is 1. The molecule has 3 rings (SSSR count). The Kier molecular flexibility index (Phi) is 9.05. The van der Waals surface area contributed by atoms with Crippen molar-refractivity contribution in [3.8, 4) is 0 Å². The number of benzene rings is 1. The van der Waals surface area contributed by atoms with Crippen LogP contribution in [0.25, 0.3) is 0 Å². The van der Waals surface area contributed by atoms with Crippen molar-refractivity contribution in [2.45, 2.75) is 31.9 Å². The van der Waals surface area contributed by atoms with E-state index in [1.807, 2.05) is 7.05 Å². The molecule has 0 radical (unpaired) electrons. The van der Waals surface area contributed by atoms with Gasteiger partial charge in [-0.15, -0.1) is 0 Å². The summed E-state index contributed by atoms with van der Waals surface area (Å²) in [5.41, 5.74) is 1.33. The predicted molar refractivity (Wildman–Crippen MR) is 119 cm³/mol. The summed E-state index contributed by atoms with van der Waals surface area (Å²) >= 11 is 0. The zero-order valence-corrected chi connectivity index (χ0v) is 18.0. The minimum absolute atomic E-state index is 0.288. The Morgan fingerprint density at radius 3 is 2.69 bits per heavy atom. The molecule has 2 unspecified atom stereocenters. The summed E-state index contributed by atoms with van der Waals surface area (Å²) in [4.78, 5) is 9.36. The molecule has 7 heteroatoms. The molecular weight excluding hydrogens is 366 g/mol. The highest BCUT2D eigenvalue weighted by molar-refractivity contribution is 5.79. The molecule has 7 nitrogen and oxygen atoms in total. The van der Waals surface area contributed by atoms with Crippen molar-refractivity contribution in [1.82, 2.24) is 15.5 Å². The zero-order chi connectivity index (χ0) is 20.3. The minimum atomic E-state index is 0.288. The SMILES string of the molecule is CN=C(NCCCOC1CCOC1)NCC(C)N1CCN(c2ccccc2)CC1. The van der Waals surface area contributed by atoms with E-state index >= 15 is 0 Å². The van der Waals surface area contributed by atoms with E-state index in [2.05, 4.69) is 62.7 Å². The molecule has 1 aromatic rings. The normalized spacial score (nSPS) is 21.9. The van der Waals surface area contributed by atoms with Crippen molar-refractivity contribution in [3.63, 3.8) is 0 Å². The maximum absolute atomic E-state index is 5.80. The summed E-state index contributed by atoms with van der Waals surface area (Å²) in [6.07, 6.45) is 2.28. The van der Waals surface area contributed by atoms with Crippen molar-refractivity contribution in [3.05, 3.63) is 30.3 Å². The van der Waals surface area contributed by atoms with E-state index in [9.17, 15) is 0 Å². The van der Waals surface area contributed by atoms with E-state index in [0.29, 0.717) is 6.04 Å². The highest BCUT2D eigenvalue weighted by Crippen LogP contribution is 2.16. The molecule has 0 spiro atoms. The van der Waals surface area contributed by atoms with Gasteiger partial charge in [-0.25, -0.2) is 0 Å². The van der Waals surface area contributed by atoms with Crippen LogP contribution in [0.15, 0.2) is 35.3 Å². The van der Waals surface area contributed by atoms with Crippen LogP contribution in [0.4, 0.5) is 5.69 Å². The Hall–Kier alpha value is -1.83. The van der Waals surface area contributed by atoms with Crippen molar-refractivity contribution >= 4 is 11.6 Å². The lowest BCUT2D eigenvalue weighted by Gasteiger charge is -2.39.